The number of anilines is 6. The quantitative estimate of drug-likeness (QED) is 0.145. The van der Waals surface area contributed by atoms with Crippen molar-refractivity contribution in [3.8, 4) is 28.3 Å². The summed E-state index contributed by atoms with van der Waals surface area (Å²) in [6, 6.07) is 70.8. The Morgan fingerprint density at radius 2 is 0.905 bits per heavy atom. The third-order valence-electron chi connectivity index (χ3n) is 11.7. The van der Waals surface area contributed by atoms with Crippen LogP contribution in [0, 0.1) is 17.1 Å². The van der Waals surface area contributed by atoms with Gasteiger partial charge in [0, 0.05) is 85.6 Å². The molecule has 11 aromatic rings. The minimum Gasteiger partial charge on any atom is -0.310 e. The molecule has 9 aromatic carbocycles. The van der Waals surface area contributed by atoms with Gasteiger partial charge >= 0.3 is 0 Å². The van der Waals surface area contributed by atoms with Crippen LogP contribution < -0.4 is 9.80 Å². The Balaban J connectivity index is 1.20. The molecule has 0 bridgehead atoms. The van der Waals surface area contributed by atoms with E-state index >= 15 is 0 Å². The summed E-state index contributed by atoms with van der Waals surface area (Å²) in [5.41, 5.74) is 11.7. The molecule has 298 valence electrons. The second-order valence-corrected chi connectivity index (χ2v) is 17.5. The zero-order chi connectivity index (χ0) is 42.4. The molecule has 6 heteroatoms. The average Bonchev–Trinajstić information content (AvgIpc) is 3.91. The first-order chi connectivity index (χ1) is 31.0. The molecule has 2 aromatic heterocycles. The second-order valence-electron chi connectivity index (χ2n) is 15.4. The van der Waals surface area contributed by atoms with E-state index < -0.39 is 0 Å². The summed E-state index contributed by atoms with van der Waals surface area (Å²) < 4.78 is 19.3. The molecule has 11 rings (SSSR count). The number of hydrogen-bond acceptors (Lipinski definition) is 5. The molecule has 2 heterocycles. The summed E-state index contributed by atoms with van der Waals surface area (Å²) in [6.07, 6.45) is 1.88. The second kappa shape index (κ2) is 15.9. The summed E-state index contributed by atoms with van der Waals surface area (Å²) in [4.78, 5) is 4.46. The number of benzene rings is 9. The Kier molecular flexibility index (Phi) is 9.62. The summed E-state index contributed by atoms with van der Waals surface area (Å²) in [5, 5.41) is 14.7. The number of hydrogen-bond donors (Lipinski definition) is 0. The minimum atomic E-state index is -0.312. The van der Waals surface area contributed by atoms with Gasteiger partial charge in [0.15, 0.2) is 0 Å². The van der Waals surface area contributed by atoms with E-state index in [9.17, 15) is 9.65 Å². The Labute approximate surface area is 372 Å². The van der Waals surface area contributed by atoms with Gasteiger partial charge in [0.2, 0.25) is 0 Å². The van der Waals surface area contributed by atoms with Gasteiger partial charge in [-0.25, -0.2) is 4.39 Å². The van der Waals surface area contributed by atoms with Crippen LogP contribution in [-0.2, 0) is 0 Å². The first-order valence-electron chi connectivity index (χ1n) is 20.7. The molecular weight excluding hydrogens is 810 g/mol. The zero-order valence-corrected chi connectivity index (χ0v) is 35.5. The summed E-state index contributed by atoms with van der Waals surface area (Å²) in [5.74, 6) is -0.312. The number of halogens is 1. The molecule has 63 heavy (non-hydrogen) atoms. The predicted molar refractivity (Wildman–Crippen MR) is 267 cm³/mol. The molecule has 0 aliphatic heterocycles. The van der Waals surface area contributed by atoms with Crippen LogP contribution in [0.3, 0.4) is 0 Å². The normalized spacial score (nSPS) is 11.3. The van der Waals surface area contributed by atoms with Crippen molar-refractivity contribution >= 4 is 103 Å². The summed E-state index contributed by atoms with van der Waals surface area (Å²) >= 11 is 3.62. The van der Waals surface area contributed by atoms with Crippen molar-refractivity contribution in [2.45, 2.75) is 0 Å². The predicted octanol–water partition coefficient (Wildman–Crippen LogP) is 17.3. The van der Waals surface area contributed by atoms with Crippen molar-refractivity contribution in [3.05, 3.63) is 224 Å². The van der Waals surface area contributed by atoms with E-state index in [0.29, 0.717) is 5.56 Å². The molecule has 0 saturated heterocycles. The van der Waals surface area contributed by atoms with Crippen molar-refractivity contribution in [1.29, 1.82) is 5.26 Å². The van der Waals surface area contributed by atoms with E-state index in [1.807, 2.05) is 41.7 Å². The van der Waals surface area contributed by atoms with Crippen LogP contribution in [0.4, 0.5) is 38.5 Å². The van der Waals surface area contributed by atoms with Gasteiger partial charge in [-0.05, 0) is 120 Å². The highest BCUT2D eigenvalue weighted by Crippen LogP contribution is 2.51. The standard InChI is InChI=1S/C57H36FN3S2/c1-2-37-23-27-41(28-24-37)60(40-14-4-3-5-15-40)44-32-50(56-52(34-44)48-19-8-10-21-54(48)62-56)46-17-6-7-18-47(46)51-33-45(35-53-49-20-9-11-22-55(49)63-57(51)53)61(42-29-25-39(58)26-30-42)43-16-12-13-38(31-43)36-59/h2-35H,1H2. The van der Waals surface area contributed by atoms with E-state index in [-0.39, 0.29) is 5.82 Å². The van der Waals surface area contributed by atoms with Crippen molar-refractivity contribution in [1.82, 2.24) is 0 Å². The number of rotatable bonds is 9. The lowest BCUT2D eigenvalue weighted by molar-refractivity contribution is 0.628. The maximum absolute atomic E-state index is 14.5. The van der Waals surface area contributed by atoms with E-state index in [0.717, 1.165) is 72.7 Å². The number of nitrogens with zero attached hydrogens (tertiary/aromatic N) is 3. The van der Waals surface area contributed by atoms with E-state index in [1.165, 1.54) is 41.7 Å². The lowest BCUT2D eigenvalue weighted by Gasteiger charge is -2.27. The average molecular weight is 846 g/mol. The van der Waals surface area contributed by atoms with Crippen LogP contribution in [0.2, 0.25) is 0 Å². The number of para-hydroxylation sites is 1. The molecule has 0 aliphatic carbocycles. The molecule has 0 N–H and O–H groups in total. The highest BCUT2D eigenvalue weighted by Gasteiger charge is 2.23. The van der Waals surface area contributed by atoms with Gasteiger partial charge < -0.3 is 9.80 Å². The fraction of sp³-hybridized carbons (Fsp3) is 0. The fourth-order valence-corrected chi connectivity index (χ4v) is 11.2. The Bertz CT molecular complexity index is 3560. The van der Waals surface area contributed by atoms with Crippen LogP contribution in [-0.4, -0.2) is 0 Å². The maximum Gasteiger partial charge on any atom is 0.123 e. The Hall–Kier alpha value is -7.82. The van der Waals surface area contributed by atoms with Crippen LogP contribution in [0.25, 0.3) is 68.7 Å². The zero-order valence-electron chi connectivity index (χ0n) is 33.9. The molecular formula is C57H36FN3S2. The highest BCUT2D eigenvalue weighted by atomic mass is 32.1. The number of fused-ring (bicyclic) bond motifs is 6. The van der Waals surface area contributed by atoms with Gasteiger partial charge in [0.25, 0.3) is 0 Å². The summed E-state index contributed by atoms with van der Waals surface area (Å²) in [6.45, 7) is 4.00. The van der Waals surface area contributed by atoms with Crippen LogP contribution in [0.5, 0.6) is 0 Å². The van der Waals surface area contributed by atoms with Gasteiger partial charge in [-0.2, -0.15) is 5.26 Å². The first-order valence-corrected chi connectivity index (χ1v) is 22.3. The van der Waals surface area contributed by atoms with E-state index in [4.69, 9.17) is 0 Å². The third kappa shape index (κ3) is 6.81. The molecule has 0 spiro atoms. The minimum absolute atomic E-state index is 0.312. The monoisotopic (exact) mass is 845 g/mol. The smallest absolute Gasteiger partial charge is 0.123 e. The van der Waals surface area contributed by atoms with Crippen LogP contribution in [0.15, 0.2) is 207 Å². The van der Waals surface area contributed by atoms with E-state index in [2.05, 4.69) is 174 Å². The molecule has 0 radical (unpaired) electrons. The molecule has 3 nitrogen and oxygen atoms in total. The largest absolute Gasteiger partial charge is 0.310 e. The van der Waals surface area contributed by atoms with Gasteiger partial charge in [0.1, 0.15) is 5.82 Å². The molecule has 0 aliphatic rings. The van der Waals surface area contributed by atoms with Gasteiger partial charge in [-0.3, -0.25) is 0 Å². The van der Waals surface area contributed by atoms with Crippen molar-refractivity contribution in [3.63, 3.8) is 0 Å². The fourth-order valence-electron chi connectivity index (χ4n) is 8.77. The highest BCUT2D eigenvalue weighted by molar-refractivity contribution is 7.26. The summed E-state index contributed by atoms with van der Waals surface area (Å²) in [7, 11) is 0. The third-order valence-corrected chi connectivity index (χ3v) is 14.1. The number of thiophene rings is 2. The van der Waals surface area contributed by atoms with E-state index in [1.54, 1.807) is 23.5 Å². The Morgan fingerprint density at radius 1 is 0.429 bits per heavy atom. The molecule has 0 amide bonds. The Morgan fingerprint density at radius 3 is 1.46 bits per heavy atom. The first kappa shape index (κ1) is 38.1. The molecule has 0 unspecified atom stereocenters. The SMILES string of the molecule is C=Cc1ccc(N(c2ccccc2)c2cc(-c3ccccc3-c3cc(N(c4ccc(F)cc4)c4cccc(C#N)c4)cc4c3sc3ccccc34)c3sc4ccccc4c3c2)cc1. The molecule has 0 fully saturated rings. The molecule has 0 atom stereocenters. The van der Waals surface area contributed by atoms with Crippen LogP contribution in [0.1, 0.15) is 11.1 Å². The van der Waals surface area contributed by atoms with Gasteiger partial charge in [-0.1, -0.05) is 110 Å². The topological polar surface area (TPSA) is 30.3 Å². The van der Waals surface area contributed by atoms with Crippen molar-refractivity contribution < 1.29 is 4.39 Å². The van der Waals surface area contributed by atoms with Crippen LogP contribution >= 0.6 is 22.7 Å². The van der Waals surface area contributed by atoms with Crippen molar-refractivity contribution in [2.24, 2.45) is 0 Å². The molecule has 0 saturated carbocycles. The lowest BCUT2D eigenvalue weighted by atomic mass is 9.91. The maximum atomic E-state index is 14.5. The van der Waals surface area contributed by atoms with Gasteiger partial charge in [0.05, 0.1) is 11.6 Å². The van der Waals surface area contributed by atoms with Gasteiger partial charge in [-0.15, -0.1) is 22.7 Å². The van der Waals surface area contributed by atoms with Crippen molar-refractivity contribution in [2.75, 3.05) is 9.80 Å². The lowest BCUT2D eigenvalue weighted by Crippen LogP contribution is -2.10. The number of nitriles is 1.